The molecule has 0 aliphatic carbocycles. The molecule has 1 aliphatic rings. The monoisotopic (exact) mass is 457 g/mol. The zero-order valence-electron chi connectivity index (χ0n) is 19.9. The van der Waals surface area contributed by atoms with Crippen molar-refractivity contribution in [3.8, 4) is 11.3 Å². The Balaban J connectivity index is 1.24. The fraction of sp³-hybridized carbons (Fsp3) is 0.346. The SMILES string of the molecule is CC(C)n1cnc2ccc(-c3cc(NC(=O)c4ccc(NC5CCN(C)CC5)cc4)[nH]n3)cc21. The molecule has 0 unspecified atom stereocenters. The van der Waals surface area contributed by atoms with Crippen LogP contribution in [0.4, 0.5) is 11.5 Å². The Bertz CT molecular complexity index is 1280. The normalized spacial score (nSPS) is 15.2. The number of likely N-dealkylation sites (tertiary alicyclic amines) is 1. The van der Waals surface area contributed by atoms with Gasteiger partial charge in [-0.3, -0.25) is 9.89 Å². The van der Waals surface area contributed by atoms with E-state index in [0.29, 0.717) is 23.5 Å². The van der Waals surface area contributed by atoms with Crippen molar-refractivity contribution < 1.29 is 4.79 Å². The molecule has 0 radical (unpaired) electrons. The molecule has 1 saturated heterocycles. The second kappa shape index (κ2) is 9.30. The predicted octanol–water partition coefficient (Wildman–Crippen LogP) is 4.77. The highest BCUT2D eigenvalue weighted by Gasteiger charge is 2.17. The molecule has 3 N–H and O–H groups in total. The number of hydrogen-bond acceptors (Lipinski definition) is 5. The summed E-state index contributed by atoms with van der Waals surface area (Å²) in [5.41, 5.74) is 5.41. The van der Waals surface area contributed by atoms with Gasteiger partial charge in [0.25, 0.3) is 5.91 Å². The van der Waals surface area contributed by atoms with Crippen LogP contribution in [0.3, 0.4) is 0 Å². The summed E-state index contributed by atoms with van der Waals surface area (Å²) in [6, 6.07) is 16.4. The van der Waals surface area contributed by atoms with Crippen LogP contribution < -0.4 is 10.6 Å². The molecule has 1 amide bonds. The van der Waals surface area contributed by atoms with Gasteiger partial charge in [0.2, 0.25) is 0 Å². The van der Waals surface area contributed by atoms with Crippen LogP contribution in [0.5, 0.6) is 0 Å². The zero-order chi connectivity index (χ0) is 23.7. The zero-order valence-corrected chi connectivity index (χ0v) is 19.9. The van der Waals surface area contributed by atoms with Gasteiger partial charge in [0.1, 0.15) is 5.82 Å². The quantitative estimate of drug-likeness (QED) is 0.388. The lowest BCUT2D eigenvalue weighted by atomic mass is 10.0. The average molecular weight is 458 g/mol. The molecule has 5 rings (SSSR count). The third-order valence-corrected chi connectivity index (χ3v) is 6.49. The Morgan fingerprint density at radius 2 is 1.85 bits per heavy atom. The summed E-state index contributed by atoms with van der Waals surface area (Å²) < 4.78 is 2.14. The molecule has 0 spiro atoms. The molecule has 0 bridgehead atoms. The minimum absolute atomic E-state index is 0.172. The molecule has 0 atom stereocenters. The molecular weight excluding hydrogens is 426 g/mol. The molecule has 176 valence electrons. The fourth-order valence-electron chi connectivity index (χ4n) is 4.43. The first kappa shape index (κ1) is 22.2. The number of amides is 1. The molecule has 4 aromatic rings. The van der Waals surface area contributed by atoms with E-state index in [2.05, 4.69) is 62.2 Å². The van der Waals surface area contributed by atoms with Crippen molar-refractivity contribution in [2.45, 2.75) is 38.8 Å². The largest absolute Gasteiger partial charge is 0.382 e. The number of nitrogens with zero attached hydrogens (tertiary/aromatic N) is 4. The summed E-state index contributed by atoms with van der Waals surface area (Å²) in [5.74, 6) is 0.389. The van der Waals surface area contributed by atoms with Crippen LogP contribution in [0.15, 0.2) is 54.9 Å². The minimum Gasteiger partial charge on any atom is -0.382 e. The van der Waals surface area contributed by atoms with Crippen LogP contribution in [-0.2, 0) is 0 Å². The fourth-order valence-corrected chi connectivity index (χ4v) is 4.43. The van der Waals surface area contributed by atoms with E-state index >= 15 is 0 Å². The number of aromatic nitrogens is 4. The van der Waals surface area contributed by atoms with Crippen LogP contribution in [0, 0.1) is 0 Å². The van der Waals surface area contributed by atoms with E-state index in [0.717, 1.165) is 53.9 Å². The van der Waals surface area contributed by atoms with Gasteiger partial charge in [0, 0.05) is 35.0 Å². The number of aromatic amines is 1. The third kappa shape index (κ3) is 4.68. The van der Waals surface area contributed by atoms with Crippen molar-refractivity contribution in [2.75, 3.05) is 30.8 Å². The summed E-state index contributed by atoms with van der Waals surface area (Å²) in [4.78, 5) is 19.6. The number of piperidine rings is 1. The number of benzene rings is 2. The van der Waals surface area contributed by atoms with E-state index in [1.54, 1.807) is 0 Å². The first-order valence-corrected chi connectivity index (χ1v) is 11.8. The molecule has 0 saturated carbocycles. The minimum atomic E-state index is -0.172. The second-order valence-corrected chi connectivity index (χ2v) is 9.37. The van der Waals surface area contributed by atoms with Gasteiger partial charge >= 0.3 is 0 Å². The Morgan fingerprint density at radius 3 is 2.59 bits per heavy atom. The standard InChI is InChI=1S/C26H31N7O/c1-17(2)33-16-27-22-9-6-19(14-24(22)33)23-15-25(31-30-23)29-26(34)18-4-7-20(8-5-18)28-21-10-12-32(3)13-11-21/h4-9,14-17,21,28H,10-13H2,1-3H3,(H2,29,30,31,34). The molecular formula is C26H31N7O. The van der Waals surface area contributed by atoms with E-state index in [-0.39, 0.29) is 5.91 Å². The third-order valence-electron chi connectivity index (χ3n) is 6.49. The van der Waals surface area contributed by atoms with Gasteiger partial charge in [-0.05, 0) is 83.2 Å². The Kier molecular flexibility index (Phi) is 6.06. The van der Waals surface area contributed by atoms with Crippen molar-refractivity contribution in [1.82, 2.24) is 24.6 Å². The van der Waals surface area contributed by atoms with Gasteiger partial charge in [0.05, 0.1) is 23.1 Å². The number of anilines is 2. The van der Waals surface area contributed by atoms with Crippen LogP contribution in [0.2, 0.25) is 0 Å². The van der Waals surface area contributed by atoms with E-state index in [9.17, 15) is 4.79 Å². The predicted molar refractivity (Wildman–Crippen MR) is 136 cm³/mol. The van der Waals surface area contributed by atoms with E-state index in [1.165, 1.54) is 0 Å². The molecule has 8 heteroatoms. The molecule has 34 heavy (non-hydrogen) atoms. The maximum atomic E-state index is 12.8. The maximum Gasteiger partial charge on any atom is 0.256 e. The highest BCUT2D eigenvalue weighted by Crippen LogP contribution is 2.26. The van der Waals surface area contributed by atoms with Gasteiger partial charge < -0.3 is 20.1 Å². The van der Waals surface area contributed by atoms with Crippen molar-refractivity contribution in [3.63, 3.8) is 0 Å². The Morgan fingerprint density at radius 1 is 1.09 bits per heavy atom. The van der Waals surface area contributed by atoms with Crippen LogP contribution in [0.25, 0.3) is 22.3 Å². The number of rotatable bonds is 6. The molecule has 8 nitrogen and oxygen atoms in total. The second-order valence-electron chi connectivity index (χ2n) is 9.37. The van der Waals surface area contributed by atoms with Gasteiger partial charge in [0.15, 0.2) is 0 Å². The van der Waals surface area contributed by atoms with Crippen molar-refractivity contribution in [1.29, 1.82) is 0 Å². The topological polar surface area (TPSA) is 90.9 Å². The molecule has 2 aromatic carbocycles. The number of nitrogens with one attached hydrogen (secondary N) is 3. The number of H-pyrrole nitrogens is 1. The molecule has 2 aromatic heterocycles. The first-order chi connectivity index (χ1) is 16.5. The summed E-state index contributed by atoms with van der Waals surface area (Å²) in [6.45, 7) is 6.49. The number of fused-ring (bicyclic) bond motifs is 1. The molecule has 3 heterocycles. The number of carbonyl (C=O) groups excluding carboxylic acids is 1. The lowest BCUT2D eigenvalue weighted by Gasteiger charge is -2.30. The maximum absolute atomic E-state index is 12.8. The highest BCUT2D eigenvalue weighted by molar-refractivity contribution is 6.04. The van der Waals surface area contributed by atoms with Gasteiger partial charge in [-0.1, -0.05) is 6.07 Å². The van der Waals surface area contributed by atoms with E-state index < -0.39 is 0 Å². The highest BCUT2D eigenvalue weighted by atomic mass is 16.1. The number of hydrogen-bond donors (Lipinski definition) is 3. The summed E-state index contributed by atoms with van der Waals surface area (Å²) >= 11 is 0. The van der Waals surface area contributed by atoms with E-state index in [4.69, 9.17) is 0 Å². The van der Waals surface area contributed by atoms with Crippen LogP contribution >= 0.6 is 0 Å². The van der Waals surface area contributed by atoms with Gasteiger partial charge in [-0.2, -0.15) is 5.10 Å². The number of carbonyl (C=O) groups is 1. The lowest BCUT2D eigenvalue weighted by Crippen LogP contribution is -2.36. The lowest BCUT2D eigenvalue weighted by molar-refractivity contribution is 0.102. The Hall–Kier alpha value is -3.65. The van der Waals surface area contributed by atoms with Crippen molar-refractivity contribution in [3.05, 3.63) is 60.4 Å². The first-order valence-electron chi connectivity index (χ1n) is 11.8. The van der Waals surface area contributed by atoms with E-state index in [1.807, 2.05) is 48.8 Å². The van der Waals surface area contributed by atoms with Gasteiger partial charge in [-0.25, -0.2) is 4.98 Å². The molecule has 1 fully saturated rings. The number of imidazole rings is 1. The van der Waals surface area contributed by atoms with Crippen molar-refractivity contribution in [2.24, 2.45) is 0 Å². The average Bonchev–Trinajstić information content (AvgIpc) is 3.47. The Labute approximate surface area is 199 Å². The van der Waals surface area contributed by atoms with Gasteiger partial charge in [-0.15, -0.1) is 0 Å². The van der Waals surface area contributed by atoms with Crippen LogP contribution in [-0.4, -0.2) is 56.7 Å². The summed E-state index contributed by atoms with van der Waals surface area (Å²) in [6.07, 6.45) is 4.13. The van der Waals surface area contributed by atoms with Crippen molar-refractivity contribution >= 4 is 28.4 Å². The van der Waals surface area contributed by atoms with Crippen LogP contribution in [0.1, 0.15) is 43.1 Å². The molecule has 1 aliphatic heterocycles. The smallest absolute Gasteiger partial charge is 0.256 e. The summed E-state index contributed by atoms with van der Waals surface area (Å²) in [7, 11) is 2.16. The summed E-state index contributed by atoms with van der Waals surface area (Å²) in [5, 5.41) is 13.8.